The lowest BCUT2D eigenvalue weighted by Gasteiger charge is -2.72. The molecule has 2 bridgehead atoms. The van der Waals surface area contributed by atoms with Crippen LogP contribution in [0.15, 0.2) is 29.2 Å². The SMILES string of the molecule is CSc1ccc(C(C)C(=O)C23CC(CCC2(C)C)C3(C)C)cc1. The van der Waals surface area contributed by atoms with Crippen LogP contribution in [0.2, 0.25) is 0 Å². The summed E-state index contributed by atoms with van der Waals surface area (Å²) in [6.45, 7) is 11.4. The highest BCUT2D eigenvalue weighted by atomic mass is 32.2. The normalized spacial score (nSPS) is 32.0. The molecule has 0 N–H and O–H groups in total. The van der Waals surface area contributed by atoms with Gasteiger partial charge in [-0.15, -0.1) is 11.8 Å². The Morgan fingerprint density at radius 3 is 2.26 bits per heavy atom. The third kappa shape index (κ3) is 2.17. The number of hydrogen-bond acceptors (Lipinski definition) is 2. The number of benzene rings is 1. The summed E-state index contributed by atoms with van der Waals surface area (Å²) in [5, 5.41) is 0. The molecule has 1 aromatic rings. The van der Waals surface area contributed by atoms with Gasteiger partial charge in [0.2, 0.25) is 0 Å². The van der Waals surface area contributed by atoms with Crippen LogP contribution in [0.3, 0.4) is 0 Å². The molecule has 1 aromatic carbocycles. The van der Waals surface area contributed by atoms with Gasteiger partial charge in [0.05, 0.1) is 0 Å². The molecule has 3 saturated carbocycles. The van der Waals surface area contributed by atoms with Crippen molar-refractivity contribution < 1.29 is 4.79 Å². The number of Topliss-reactive ketones (excluding diaryl/α,β-unsaturated/α-hetero) is 1. The predicted molar refractivity (Wildman–Crippen MR) is 99.0 cm³/mol. The summed E-state index contributed by atoms with van der Waals surface area (Å²) in [5.74, 6) is 1.19. The summed E-state index contributed by atoms with van der Waals surface area (Å²) in [7, 11) is 0. The first-order valence-corrected chi connectivity index (χ1v) is 10.1. The van der Waals surface area contributed by atoms with Crippen molar-refractivity contribution in [3.63, 3.8) is 0 Å². The summed E-state index contributed by atoms with van der Waals surface area (Å²) >= 11 is 1.75. The van der Waals surface area contributed by atoms with E-state index in [0.29, 0.717) is 5.78 Å². The van der Waals surface area contributed by atoms with Crippen LogP contribution < -0.4 is 0 Å². The fraction of sp³-hybridized carbons (Fsp3) is 0.667. The lowest BCUT2D eigenvalue weighted by atomic mass is 9.31. The van der Waals surface area contributed by atoms with Crippen molar-refractivity contribution in [2.75, 3.05) is 6.26 Å². The number of carbonyl (C=O) groups is 1. The van der Waals surface area contributed by atoms with E-state index in [1.807, 2.05) is 0 Å². The van der Waals surface area contributed by atoms with Crippen LogP contribution in [-0.2, 0) is 4.79 Å². The largest absolute Gasteiger partial charge is 0.298 e. The Morgan fingerprint density at radius 1 is 1.17 bits per heavy atom. The van der Waals surface area contributed by atoms with E-state index in [0.717, 1.165) is 12.3 Å². The summed E-state index contributed by atoms with van der Waals surface area (Å²) in [4.78, 5) is 14.9. The highest BCUT2D eigenvalue weighted by molar-refractivity contribution is 7.98. The average molecular weight is 331 g/mol. The first kappa shape index (κ1) is 17.1. The molecule has 0 heterocycles. The molecule has 1 nitrogen and oxygen atoms in total. The van der Waals surface area contributed by atoms with E-state index < -0.39 is 0 Å². The molecule has 0 radical (unpaired) electrons. The second kappa shape index (κ2) is 5.37. The Hall–Kier alpha value is -0.760. The number of rotatable bonds is 4. The molecule has 23 heavy (non-hydrogen) atoms. The molecule has 0 aliphatic heterocycles. The summed E-state index contributed by atoms with van der Waals surface area (Å²) < 4.78 is 0. The Balaban J connectivity index is 1.94. The molecule has 3 aliphatic rings. The minimum Gasteiger partial charge on any atom is -0.298 e. The second-order valence-electron chi connectivity index (χ2n) is 8.81. The van der Waals surface area contributed by atoms with Gasteiger partial charge in [-0.05, 0) is 60.0 Å². The molecule has 0 amide bonds. The number of ketones is 1. The van der Waals surface area contributed by atoms with Gasteiger partial charge in [-0.25, -0.2) is 0 Å². The molecule has 3 unspecified atom stereocenters. The molecular weight excluding hydrogens is 300 g/mol. The first-order chi connectivity index (χ1) is 10.7. The standard InChI is InChI=1S/C21H30OS/c1-14(15-7-9-17(23-6)10-8-15)18(22)21-13-16(20(21,4)5)11-12-19(21,2)3/h7-10,14,16H,11-13H2,1-6H3. The van der Waals surface area contributed by atoms with Crippen molar-refractivity contribution in [1.29, 1.82) is 0 Å². The zero-order valence-electron chi connectivity index (χ0n) is 15.4. The van der Waals surface area contributed by atoms with Gasteiger partial charge in [-0.2, -0.15) is 0 Å². The fourth-order valence-corrected chi connectivity index (χ4v) is 6.04. The van der Waals surface area contributed by atoms with E-state index in [-0.39, 0.29) is 22.2 Å². The third-order valence-electron chi connectivity index (χ3n) is 7.38. The average Bonchev–Trinajstić information content (AvgIpc) is 2.52. The Labute approximate surface area is 145 Å². The summed E-state index contributed by atoms with van der Waals surface area (Å²) in [5.41, 5.74) is 1.26. The highest BCUT2D eigenvalue weighted by Gasteiger charge is 2.72. The molecule has 0 aromatic heterocycles. The summed E-state index contributed by atoms with van der Waals surface area (Å²) in [6.07, 6.45) is 5.65. The van der Waals surface area contributed by atoms with Crippen molar-refractivity contribution >= 4 is 17.5 Å². The van der Waals surface area contributed by atoms with Gasteiger partial charge in [0.15, 0.2) is 0 Å². The van der Waals surface area contributed by atoms with Gasteiger partial charge >= 0.3 is 0 Å². The van der Waals surface area contributed by atoms with Gasteiger partial charge in [-0.3, -0.25) is 4.79 Å². The van der Waals surface area contributed by atoms with E-state index >= 15 is 0 Å². The predicted octanol–water partition coefficient (Wildman–Crippen LogP) is 5.93. The first-order valence-electron chi connectivity index (χ1n) is 8.85. The molecule has 126 valence electrons. The van der Waals surface area contributed by atoms with Gasteiger partial charge < -0.3 is 0 Å². The molecule has 2 heteroatoms. The van der Waals surface area contributed by atoms with Gasteiger partial charge in [0, 0.05) is 16.2 Å². The number of thioether (sulfide) groups is 1. The fourth-order valence-electron chi connectivity index (χ4n) is 5.63. The van der Waals surface area contributed by atoms with Gasteiger partial charge in [0.25, 0.3) is 0 Å². The number of fused-ring (bicyclic) bond motifs is 2. The van der Waals surface area contributed by atoms with Crippen LogP contribution in [-0.4, -0.2) is 12.0 Å². The molecule has 0 spiro atoms. The maximum Gasteiger partial charge on any atom is 0.147 e. The zero-order chi connectivity index (χ0) is 17.0. The number of hydrogen-bond donors (Lipinski definition) is 0. The molecule has 3 aliphatic carbocycles. The van der Waals surface area contributed by atoms with Crippen molar-refractivity contribution in [1.82, 2.24) is 0 Å². The van der Waals surface area contributed by atoms with Crippen LogP contribution in [0.5, 0.6) is 0 Å². The Bertz CT molecular complexity index is 603. The minimum atomic E-state index is -0.152. The van der Waals surface area contributed by atoms with Crippen LogP contribution in [0.4, 0.5) is 0 Å². The molecule has 0 saturated heterocycles. The lowest BCUT2D eigenvalue weighted by molar-refractivity contribution is -0.227. The topological polar surface area (TPSA) is 17.1 Å². The molecular formula is C21H30OS. The van der Waals surface area contributed by atoms with Crippen LogP contribution >= 0.6 is 11.8 Å². The van der Waals surface area contributed by atoms with Gasteiger partial charge in [-0.1, -0.05) is 46.8 Å². The van der Waals surface area contributed by atoms with E-state index in [4.69, 9.17) is 0 Å². The van der Waals surface area contributed by atoms with E-state index in [1.165, 1.54) is 23.3 Å². The van der Waals surface area contributed by atoms with Crippen molar-refractivity contribution in [3.8, 4) is 0 Å². The lowest BCUT2D eigenvalue weighted by Crippen LogP contribution is -2.69. The van der Waals surface area contributed by atoms with Crippen molar-refractivity contribution in [2.45, 2.75) is 64.7 Å². The quantitative estimate of drug-likeness (QED) is 0.636. The highest BCUT2D eigenvalue weighted by Crippen LogP contribution is 2.75. The van der Waals surface area contributed by atoms with Crippen molar-refractivity contribution in [2.24, 2.45) is 22.2 Å². The number of carbonyl (C=O) groups excluding carboxylic acids is 1. The summed E-state index contributed by atoms with van der Waals surface area (Å²) in [6, 6.07) is 8.57. The van der Waals surface area contributed by atoms with E-state index in [1.54, 1.807) is 11.8 Å². The molecule has 3 atom stereocenters. The minimum absolute atomic E-state index is 0.0106. The van der Waals surface area contributed by atoms with E-state index in [9.17, 15) is 4.79 Å². The zero-order valence-corrected chi connectivity index (χ0v) is 16.2. The molecule has 3 fully saturated rings. The van der Waals surface area contributed by atoms with Crippen LogP contribution in [0, 0.1) is 22.2 Å². The monoisotopic (exact) mass is 330 g/mol. The van der Waals surface area contributed by atoms with Gasteiger partial charge in [0.1, 0.15) is 5.78 Å². The Kier molecular flexibility index (Phi) is 3.99. The Morgan fingerprint density at radius 2 is 1.78 bits per heavy atom. The van der Waals surface area contributed by atoms with E-state index in [2.05, 4.69) is 65.1 Å². The maximum absolute atomic E-state index is 13.6. The smallest absolute Gasteiger partial charge is 0.147 e. The maximum atomic E-state index is 13.6. The second-order valence-corrected chi connectivity index (χ2v) is 9.69. The van der Waals surface area contributed by atoms with Crippen molar-refractivity contribution in [3.05, 3.63) is 29.8 Å². The molecule has 4 rings (SSSR count). The van der Waals surface area contributed by atoms with Crippen LogP contribution in [0.1, 0.15) is 65.4 Å². The third-order valence-corrected chi connectivity index (χ3v) is 8.12. The van der Waals surface area contributed by atoms with Crippen LogP contribution in [0.25, 0.3) is 0 Å².